The molecule has 1 aromatic carbocycles. The highest BCUT2D eigenvalue weighted by Crippen LogP contribution is 2.33. The highest BCUT2D eigenvalue weighted by Gasteiger charge is 2.34. The third-order valence-corrected chi connectivity index (χ3v) is 4.61. The summed E-state index contributed by atoms with van der Waals surface area (Å²) in [5, 5.41) is 12.5. The number of hydrogen-bond acceptors (Lipinski definition) is 2. The van der Waals surface area contributed by atoms with Crippen molar-refractivity contribution in [2.45, 2.75) is 19.4 Å². The minimum atomic E-state index is -0.922. The van der Waals surface area contributed by atoms with Crippen LogP contribution >= 0.6 is 11.6 Å². The maximum Gasteiger partial charge on any atom is 0.308 e. The summed E-state index contributed by atoms with van der Waals surface area (Å²) < 4.78 is 15.7. The molecule has 2 unspecified atom stereocenters. The lowest BCUT2D eigenvalue weighted by molar-refractivity contribution is -0.143. The molecule has 2 aromatic rings. The number of carbonyl (C=O) groups excluding carboxylic acids is 1. The number of carbonyl (C=O) groups is 2. The Kier molecular flexibility index (Phi) is 4.32. The molecule has 2 N–H and O–H groups in total. The van der Waals surface area contributed by atoms with Crippen LogP contribution in [0.1, 0.15) is 29.9 Å². The van der Waals surface area contributed by atoms with Crippen molar-refractivity contribution in [2.24, 2.45) is 5.92 Å². The predicted molar refractivity (Wildman–Crippen MR) is 87.6 cm³/mol. The Bertz CT molecular complexity index is 818. The summed E-state index contributed by atoms with van der Waals surface area (Å²) in [6, 6.07) is 5.34. The van der Waals surface area contributed by atoms with Gasteiger partial charge in [0.25, 0.3) is 5.91 Å². The van der Waals surface area contributed by atoms with E-state index < -0.39 is 23.7 Å². The molecule has 2 heterocycles. The van der Waals surface area contributed by atoms with Gasteiger partial charge in [-0.05, 0) is 30.7 Å². The highest BCUT2D eigenvalue weighted by atomic mass is 35.5. The maximum absolute atomic E-state index is 14.1. The highest BCUT2D eigenvalue weighted by molar-refractivity contribution is 6.30. The summed E-state index contributed by atoms with van der Waals surface area (Å²) in [6.07, 6.45) is 2.05. The van der Waals surface area contributed by atoms with E-state index in [1.165, 1.54) is 18.2 Å². The molecule has 1 amide bonds. The molecule has 126 valence electrons. The molecular formula is C17H16ClFN2O3. The van der Waals surface area contributed by atoms with Gasteiger partial charge in [-0.2, -0.15) is 0 Å². The van der Waals surface area contributed by atoms with Crippen LogP contribution in [0.5, 0.6) is 0 Å². The van der Waals surface area contributed by atoms with Crippen LogP contribution in [0.2, 0.25) is 5.02 Å². The lowest BCUT2D eigenvalue weighted by Gasteiger charge is -2.30. The zero-order valence-electron chi connectivity index (χ0n) is 12.9. The van der Waals surface area contributed by atoms with Gasteiger partial charge in [0.2, 0.25) is 0 Å². The number of carboxylic acids is 1. The van der Waals surface area contributed by atoms with Crippen molar-refractivity contribution in [1.29, 1.82) is 0 Å². The van der Waals surface area contributed by atoms with Gasteiger partial charge in [0.15, 0.2) is 0 Å². The number of aromatic nitrogens is 1. The third kappa shape index (κ3) is 2.78. The van der Waals surface area contributed by atoms with Crippen molar-refractivity contribution in [3.63, 3.8) is 0 Å². The van der Waals surface area contributed by atoms with Crippen LogP contribution in [0.25, 0.3) is 11.1 Å². The van der Waals surface area contributed by atoms with E-state index in [0.717, 1.165) is 0 Å². The van der Waals surface area contributed by atoms with Crippen LogP contribution in [-0.4, -0.2) is 28.1 Å². The Morgan fingerprint density at radius 1 is 1.50 bits per heavy atom. The number of benzene rings is 1. The summed E-state index contributed by atoms with van der Waals surface area (Å²) in [6.45, 7) is 2.01. The van der Waals surface area contributed by atoms with Crippen LogP contribution in [0.15, 0.2) is 30.5 Å². The van der Waals surface area contributed by atoms with Gasteiger partial charge >= 0.3 is 5.97 Å². The normalized spacial score (nSPS) is 18.0. The number of rotatable bonds is 4. The molecule has 5 nitrogen and oxygen atoms in total. The monoisotopic (exact) mass is 350 g/mol. The first-order valence-corrected chi connectivity index (χ1v) is 7.98. The minimum absolute atomic E-state index is 0.225. The largest absolute Gasteiger partial charge is 0.481 e. The predicted octanol–water partition coefficient (Wildman–Crippen LogP) is 3.34. The Labute approximate surface area is 143 Å². The number of hydrogen-bond donors (Lipinski definition) is 2. The number of amides is 1. The lowest BCUT2D eigenvalue weighted by Crippen LogP contribution is -2.43. The molecule has 1 aromatic heterocycles. The van der Waals surface area contributed by atoms with Gasteiger partial charge in [0.05, 0.1) is 12.0 Å². The number of carboxylic acid groups (broad SMARTS) is 1. The molecule has 0 bridgehead atoms. The second kappa shape index (κ2) is 6.28. The van der Waals surface area contributed by atoms with Crippen molar-refractivity contribution < 1.29 is 19.1 Å². The average Bonchev–Trinajstić information content (AvgIpc) is 2.98. The van der Waals surface area contributed by atoms with Crippen LogP contribution in [0.4, 0.5) is 4.39 Å². The standard InChI is InChI=1S/C17H16ClFN2O3/c1-2-11(17(23)24)15-7-20-16(22)14-5-9(8-21(14)15)12-6-10(18)3-4-13(12)19/h3-6,8,11,15H,2,7H2,1H3,(H,20,22)(H,23,24). The van der Waals surface area contributed by atoms with Gasteiger partial charge in [-0.25, -0.2) is 4.39 Å². The quantitative estimate of drug-likeness (QED) is 0.888. The fourth-order valence-corrected chi connectivity index (χ4v) is 3.31. The van der Waals surface area contributed by atoms with E-state index in [9.17, 15) is 19.1 Å². The zero-order chi connectivity index (χ0) is 17.4. The van der Waals surface area contributed by atoms with Gasteiger partial charge in [-0.15, -0.1) is 0 Å². The number of fused-ring (bicyclic) bond motifs is 1. The van der Waals surface area contributed by atoms with Crippen LogP contribution in [-0.2, 0) is 4.79 Å². The van der Waals surface area contributed by atoms with Crippen LogP contribution in [0, 0.1) is 11.7 Å². The first-order valence-electron chi connectivity index (χ1n) is 7.60. The van der Waals surface area contributed by atoms with E-state index in [-0.39, 0.29) is 18.0 Å². The smallest absolute Gasteiger partial charge is 0.308 e. The number of nitrogens with zero attached hydrogens (tertiary/aromatic N) is 1. The molecule has 0 fully saturated rings. The van der Waals surface area contributed by atoms with Gasteiger partial charge in [-0.3, -0.25) is 9.59 Å². The number of aliphatic carboxylic acids is 1. The third-order valence-electron chi connectivity index (χ3n) is 4.37. The van der Waals surface area contributed by atoms with E-state index in [0.29, 0.717) is 22.7 Å². The van der Waals surface area contributed by atoms with Gasteiger partial charge < -0.3 is 15.0 Å². The Hall–Kier alpha value is -2.34. The molecular weight excluding hydrogens is 335 g/mol. The average molecular weight is 351 g/mol. The summed E-state index contributed by atoms with van der Waals surface area (Å²) in [7, 11) is 0. The lowest BCUT2D eigenvalue weighted by atomic mass is 9.95. The fraction of sp³-hybridized carbons (Fsp3) is 0.294. The summed E-state index contributed by atoms with van der Waals surface area (Å²) in [5.41, 5.74) is 1.09. The zero-order valence-corrected chi connectivity index (χ0v) is 13.7. The van der Waals surface area contributed by atoms with E-state index in [2.05, 4.69) is 5.32 Å². The van der Waals surface area contributed by atoms with Gasteiger partial charge in [-0.1, -0.05) is 18.5 Å². The molecule has 0 spiro atoms. The molecule has 7 heteroatoms. The van der Waals surface area contributed by atoms with Crippen LogP contribution < -0.4 is 5.32 Å². The van der Waals surface area contributed by atoms with Crippen LogP contribution in [0.3, 0.4) is 0 Å². The Morgan fingerprint density at radius 2 is 2.25 bits per heavy atom. The summed E-state index contributed by atoms with van der Waals surface area (Å²) in [5.74, 6) is -2.33. The van der Waals surface area contributed by atoms with Crippen molar-refractivity contribution >= 4 is 23.5 Å². The van der Waals surface area contributed by atoms with Gasteiger partial charge in [0.1, 0.15) is 11.5 Å². The molecule has 24 heavy (non-hydrogen) atoms. The van der Waals surface area contributed by atoms with E-state index in [4.69, 9.17) is 11.6 Å². The summed E-state index contributed by atoms with van der Waals surface area (Å²) >= 11 is 5.93. The van der Waals surface area contributed by atoms with E-state index >= 15 is 0 Å². The molecule has 2 atom stereocenters. The fourth-order valence-electron chi connectivity index (χ4n) is 3.14. The van der Waals surface area contributed by atoms with Crippen molar-refractivity contribution in [1.82, 2.24) is 9.88 Å². The molecule has 0 saturated carbocycles. The second-order valence-corrected chi connectivity index (χ2v) is 6.21. The first-order chi connectivity index (χ1) is 11.4. The first kappa shape index (κ1) is 16.5. The van der Waals surface area contributed by atoms with Crippen molar-refractivity contribution in [3.8, 4) is 11.1 Å². The molecule has 0 radical (unpaired) electrons. The molecule has 1 aliphatic rings. The topological polar surface area (TPSA) is 71.3 Å². The second-order valence-electron chi connectivity index (χ2n) is 5.78. The SMILES string of the molecule is CCC(C(=O)O)C1CNC(=O)c2cc(-c3cc(Cl)ccc3F)cn21. The van der Waals surface area contributed by atoms with E-state index in [1.54, 1.807) is 23.8 Å². The van der Waals surface area contributed by atoms with Crippen molar-refractivity contribution in [2.75, 3.05) is 6.54 Å². The Balaban J connectivity index is 2.10. The molecule has 0 saturated heterocycles. The van der Waals surface area contributed by atoms with Gasteiger partial charge in [0, 0.05) is 28.9 Å². The Morgan fingerprint density at radius 3 is 2.92 bits per heavy atom. The number of halogens is 2. The minimum Gasteiger partial charge on any atom is -0.481 e. The molecule has 1 aliphatic heterocycles. The van der Waals surface area contributed by atoms with Crippen molar-refractivity contribution in [3.05, 3.63) is 47.0 Å². The number of nitrogens with one attached hydrogen (secondary N) is 1. The summed E-state index contributed by atoms with van der Waals surface area (Å²) in [4.78, 5) is 23.6. The molecule has 0 aliphatic carbocycles. The molecule has 3 rings (SSSR count). The maximum atomic E-state index is 14.1. The van der Waals surface area contributed by atoms with E-state index in [1.807, 2.05) is 0 Å².